The lowest BCUT2D eigenvalue weighted by Gasteiger charge is -2.11. The molecular formula is C12H14ClN3O. The molecule has 0 bridgehead atoms. The summed E-state index contributed by atoms with van der Waals surface area (Å²) in [7, 11) is 0. The molecule has 0 radical (unpaired) electrons. The van der Waals surface area contributed by atoms with E-state index in [0.717, 1.165) is 0 Å². The van der Waals surface area contributed by atoms with Crippen molar-refractivity contribution >= 4 is 17.6 Å². The first-order valence-electron chi connectivity index (χ1n) is 5.49. The van der Waals surface area contributed by atoms with Gasteiger partial charge in [-0.05, 0) is 12.5 Å². The normalized spacial score (nSPS) is 12.4. The lowest BCUT2D eigenvalue weighted by atomic mass is 10.1. The molecule has 1 aromatic carbocycles. The highest BCUT2D eigenvalue weighted by molar-refractivity contribution is 6.17. The zero-order valence-electron chi connectivity index (χ0n) is 9.56. The van der Waals surface area contributed by atoms with Gasteiger partial charge in [0.25, 0.3) is 0 Å². The molecular weight excluding hydrogens is 238 g/mol. The number of benzene rings is 1. The third-order valence-electron chi connectivity index (χ3n) is 2.41. The Kier molecular flexibility index (Phi) is 3.98. The van der Waals surface area contributed by atoms with Crippen molar-refractivity contribution in [2.24, 2.45) is 0 Å². The molecule has 1 unspecified atom stereocenters. The Labute approximate surface area is 105 Å². The number of rotatable bonds is 5. The van der Waals surface area contributed by atoms with E-state index in [1.807, 2.05) is 37.3 Å². The lowest BCUT2D eigenvalue weighted by Crippen LogP contribution is -2.06. The molecule has 0 amide bonds. The summed E-state index contributed by atoms with van der Waals surface area (Å²) in [6, 6.07) is 10.6. The molecule has 2 aromatic rings. The van der Waals surface area contributed by atoms with Gasteiger partial charge in [-0.1, -0.05) is 35.4 Å². The Balaban J connectivity index is 2.00. The summed E-state index contributed by atoms with van der Waals surface area (Å²) in [5.41, 5.74) is 1.17. The van der Waals surface area contributed by atoms with Gasteiger partial charge >= 0.3 is 6.01 Å². The molecule has 1 atom stereocenters. The van der Waals surface area contributed by atoms with Gasteiger partial charge in [0.05, 0.1) is 6.04 Å². The van der Waals surface area contributed by atoms with Gasteiger partial charge in [0, 0.05) is 12.3 Å². The molecule has 1 N–H and O–H groups in total. The minimum atomic E-state index is 0.125. The highest BCUT2D eigenvalue weighted by Gasteiger charge is 2.09. The third kappa shape index (κ3) is 3.20. The highest BCUT2D eigenvalue weighted by atomic mass is 35.5. The minimum absolute atomic E-state index is 0.125. The molecule has 0 aliphatic heterocycles. The second kappa shape index (κ2) is 5.68. The van der Waals surface area contributed by atoms with Crippen LogP contribution in [0.2, 0.25) is 0 Å². The predicted molar refractivity (Wildman–Crippen MR) is 67.2 cm³/mol. The lowest BCUT2D eigenvalue weighted by molar-refractivity contribution is 0.508. The second-order valence-electron chi connectivity index (χ2n) is 3.72. The van der Waals surface area contributed by atoms with Crippen LogP contribution in [0.4, 0.5) is 6.01 Å². The quantitative estimate of drug-likeness (QED) is 0.830. The second-order valence-corrected chi connectivity index (χ2v) is 4.09. The monoisotopic (exact) mass is 251 g/mol. The summed E-state index contributed by atoms with van der Waals surface area (Å²) in [5, 5.41) is 11.0. The number of anilines is 1. The average molecular weight is 252 g/mol. The fourth-order valence-corrected chi connectivity index (χ4v) is 1.67. The molecule has 0 saturated carbocycles. The smallest absolute Gasteiger partial charge is 0.315 e. The topological polar surface area (TPSA) is 51.0 Å². The van der Waals surface area contributed by atoms with Gasteiger partial charge in [-0.25, -0.2) is 0 Å². The zero-order valence-corrected chi connectivity index (χ0v) is 10.3. The Morgan fingerprint density at radius 1 is 1.29 bits per heavy atom. The molecule has 0 saturated heterocycles. The van der Waals surface area contributed by atoms with Crippen LogP contribution in [0.5, 0.6) is 0 Å². The molecule has 1 aromatic heterocycles. The molecule has 0 fully saturated rings. The van der Waals surface area contributed by atoms with Crippen molar-refractivity contribution in [1.29, 1.82) is 0 Å². The van der Waals surface area contributed by atoms with Crippen LogP contribution in [-0.2, 0) is 6.42 Å². The van der Waals surface area contributed by atoms with Crippen molar-refractivity contribution < 1.29 is 4.42 Å². The van der Waals surface area contributed by atoms with E-state index >= 15 is 0 Å². The summed E-state index contributed by atoms with van der Waals surface area (Å²) in [6.07, 6.45) is 0.593. The fraction of sp³-hybridized carbons (Fsp3) is 0.333. The zero-order chi connectivity index (χ0) is 12.1. The van der Waals surface area contributed by atoms with Gasteiger partial charge in [-0.2, -0.15) is 0 Å². The highest BCUT2D eigenvalue weighted by Crippen LogP contribution is 2.17. The van der Waals surface area contributed by atoms with Crippen molar-refractivity contribution in [2.45, 2.75) is 19.4 Å². The average Bonchev–Trinajstić information content (AvgIpc) is 2.78. The number of aryl methyl sites for hydroxylation is 1. The maximum atomic E-state index is 5.60. The molecule has 90 valence electrons. The van der Waals surface area contributed by atoms with E-state index in [2.05, 4.69) is 15.5 Å². The molecule has 0 aliphatic carbocycles. The number of nitrogens with one attached hydrogen (secondary N) is 1. The van der Waals surface area contributed by atoms with E-state index in [4.69, 9.17) is 16.0 Å². The van der Waals surface area contributed by atoms with Gasteiger partial charge in [-0.3, -0.25) is 0 Å². The Bertz CT molecular complexity index is 458. The molecule has 0 spiro atoms. The van der Waals surface area contributed by atoms with Gasteiger partial charge in [0.15, 0.2) is 0 Å². The first kappa shape index (κ1) is 11.9. The Hall–Kier alpha value is -1.55. The third-order valence-corrected chi connectivity index (χ3v) is 2.60. The minimum Gasteiger partial charge on any atom is -0.408 e. The van der Waals surface area contributed by atoms with Crippen molar-refractivity contribution in [3.05, 3.63) is 41.8 Å². The summed E-state index contributed by atoms with van der Waals surface area (Å²) in [6.45, 7) is 2.04. The van der Waals surface area contributed by atoms with Crippen LogP contribution in [0.15, 0.2) is 34.7 Å². The summed E-state index contributed by atoms with van der Waals surface area (Å²) in [5.74, 6) is 1.04. The van der Waals surface area contributed by atoms with Gasteiger partial charge in [0.1, 0.15) is 0 Å². The van der Waals surface area contributed by atoms with E-state index in [1.165, 1.54) is 5.56 Å². The summed E-state index contributed by atoms with van der Waals surface area (Å²) >= 11 is 5.60. The number of aromatic nitrogens is 2. The first-order chi connectivity index (χ1) is 8.29. The molecule has 2 rings (SSSR count). The van der Waals surface area contributed by atoms with Crippen molar-refractivity contribution in [3.8, 4) is 0 Å². The number of hydrogen-bond acceptors (Lipinski definition) is 4. The fourth-order valence-electron chi connectivity index (χ4n) is 1.50. The predicted octanol–water partition coefficient (Wildman–Crippen LogP) is 3.02. The van der Waals surface area contributed by atoms with E-state index in [0.29, 0.717) is 24.2 Å². The van der Waals surface area contributed by atoms with Crippen LogP contribution in [0.3, 0.4) is 0 Å². The van der Waals surface area contributed by atoms with Crippen molar-refractivity contribution in [1.82, 2.24) is 10.2 Å². The molecule has 0 aliphatic rings. The SMILES string of the molecule is CC(Nc1nnc(CCCl)o1)c1ccccc1. The molecule has 17 heavy (non-hydrogen) atoms. The van der Waals surface area contributed by atoms with Crippen LogP contribution in [-0.4, -0.2) is 16.1 Å². The molecule has 1 heterocycles. The largest absolute Gasteiger partial charge is 0.408 e. The van der Waals surface area contributed by atoms with Crippen molar-refractivity contribution in [3.63, 3.8) is 0 Å². The number of hydrogen-bond donors (Lipinski definition) is 1. The van der Waals surface area contributed by atoms with E-state index in [1.54, 1.807) is 0 Å². The molecule has 5 heteroatoms. The van der Waals surface area contributed by atoms with Crippen LogP contribution >= 0.6 is 11.6 Å². The Morgan fingerprint density at radius 3 is 2.76 bits per heavy atom. The number of alkyl halides is 1. The molecule has 4 nitrogen and oxygen atoms in total. The number of nitrogens with zero attached hydrogens (tertiary/aromatic N) is 2. The standard InChI is InChI=1S/C12H14ClN3O/c1-9(10-5-3-2-4-6-10)14-12-16-15-11(17-12)7-8-13/h2-6,9H,7-8H2,1H3,(H,14,16). The Morgan fingerprint density at radius 2 is 2.06 bits per heavy atom. The summed E-state index contributed by atoms with van der Waals surface area (Å²) < 4.78 is 5.40. The van der Waals surface area contributed by atoms with Crippen LogP contribution < -0.4 is 5.32 Å². The van der Waals surface area contributed by atoms with Crippen molar-refractivity contribution in [2.75, 3.05) is 11.2 Å². The maximum absolute atomic E-state index is 5.60. The van der Waals surface area contributed by atoms with Crippen LogP contribution in [0.25, 0.3) is 0 Å². The number of halogens is 1. The van der Waals surface area contributed by atoms with Crippen LogP contribution in [0.1, 0.15) is 24.4 Å². The first-order valence-corrected chi connectivity index (χ1v) is 6.03. The maximum Gasteiger partial charge on any atom is 0.315 e. The van der Waals surface area contributed by atoms with E-state index in [9.17, 15) is 0 Å². The van der Waals surface area contributed by atoms with Gasteiger partial charge < -0.3 is 9.73 Å². The summed E-state index contributed by atoms with van der Waals surface area (Å²) in [4.78, 5) is 0. The van der Waals surface area contributed by atoms with E-state index in [-0.39, 0.29) is 6.04 Å². The van der Waals surface area contributed by atoms with E-state index < -0.39 is 0 Å². The van der Waals surface area contributed by atoms with Gasteiger partial charge in [0.2, 0.25) is 5.89 Å². The van der Waals surface area contributed by atoms with Crippen LogP contribution in [0, 0.1) is 0 Å². The van der Waals surface area contributed by atoms with Gasteiger partial charge in [-0.15, -0.1) is 16.7 Å².